The molecule has 0 spiro atoms. The quantitative estimate of drug-likeness (QED) is 0.830. The van der Waals surface area contributed by atoms with Gasteiger partial charge in [0.25, 0.3) is 5.91 Å². The van der Waals surface area contributed by atoms with Crippen molar-refractivity contribution < 1.29 is 4.79 Å². The Labute approximate surface area is 146 Å². The number of rotatable bonds is 5. The third-order valence-corrected chi connectivity index (χ3v) is 4.95. The molecule has 1 amide bonds. The first-order valence-corrected chi connectivity index (χ1v) is 9.18. The summed E-state index contributed by atoms with van der Waals surface area (Å²) >= 11 is 1.65. The van der Waals surface area contributed by atoms with Gasteiger partial charge >= 0.3 is 0 Å². The summed E-state index contributed by atoms with van der Waals surface area (Å²) in [7, 11) is 3.48. The van der Waals surface area contributed by atoms with Crippen molar-refractivity contribution in [2.75, 3.05) is 27.2 Å². The van der Waals surface area contributed by atoms with E-state index in [1.807, 2.05) is 11.6 Å². The summed E-state index contributed by atoms with van der Waals surface area (Å²) in [5, 5.41) is 2.12. The van der Waals surface area contributed by atoms with E-state index in [0.29, 0.717) is 11.6 Å². The maximum atomic E-state index is 12.0. The minimum absolute atomic E-state index is 0.0764. The van der Waals surface area contributed by atoms with Crippen LogP contribution in [0.4, 0.5) is 0 Å². The van der Waals surface area contributed by atoms with Crippen LogP contribution in [0, 0.1) is 5.92 Å². The lowest BCUT2D eigenvalue weighted by atomic mass is 9.93. The molecule has 24 heavy (non-hydrogen) atoms. The SMILES string of the molecule is CN(C)C(=O)c1cc(C[C@@H]2CCCN(Cc3cscn3)C2)ncn1. The predicted octanol–water partition coefficient (Wildman–Crippen LogP) is 2.09. The van der Waals surface area contributed by atoms with E-state index in [0.717, 1.165) is 37.4 Å². The van der Waals surface area contributed by atoms with E-state index < -0.39 is 0 Å². The molecule has 0 aliphatic carbocycles. The van der Waals surface area contributed by atoms with Crippen LogP contribution in [0.3, 0.4) is 0 Å². The molecule has 0 bridgehead atoms. The van der Waals surface area contributed by atoms with Crippen molar-refractivity contribution in [3.05, 3.63) is 40.4 Å². The minimum atomic E-state index is -0.0764. The molecule has 1 aliphatic heterocycles. The average Bonchev–Trinajstić information content (AvgIpc) is 3.07. The average molecular weight is 345 g/mol. The highest BCUT2D eigenvalue weighted by molar-refractivity contribution is 7.07. The largest absolute Gasteiger partial charge is 0.343 e. The molecular weight excluding hydrogens is 322 g/mol. The van der Waals surface area contributed by atoms with Crippen LogP contribution in [0.2, 0.25) is 0 Å². The van der Waals surface area contributed by atoms with Crippen LogP contribution in [-0.4, -0.2) is 57.8 Å². The van der Waals surface area contributed by atoms with Gasteiger partial charge in [-0.05, 0) is 37.8 Å². The number of carbonyl (C=O) groups is 1. The monoisotopic (exact) mass is 345 g/mol. The Kier molecular flexibility index (Phi) is 5.52. The molecule has 0 saturated carbocycles. The Morgan fingerprint density at radius 2 is 2.21 bits per heavy atom. The minimum Gasteiger partial charge on any atom is -0.343 e. The second-order valence-electron chi connectivity index (χ2n) is 6.52. The lowest BCUT2D eigenvalue weighted by Crippen LogP contribution is -2.36. The Morgan fingerprint density at radius 1 is 1.33 bits per heavy atom. The fourth-order valence-corrected chi connectivity index (χ4v) is 3.71. The highest BCUT2D eigenvalue weighted by atomic mass is 32.1. The summed E-state index contributed by atoms with van der Waals surface area (Å²) in [5.74, 6) is 0.488. The molecule has 2 aromatic rings. The number of hydrogen-bond donors (Lipinski definition) is 0. The normalized spacial score (nSPS) is 18.5. The standard InChI is InChI=1S/C17H23N5OS/c1-21(2)17(23)16-7-14(18-11-19-16)6-13-4-3-5-22(8-13)9-15-10-24-12-20-15/h7,10-13H,3-6,8-9H2,1-2H3/t13-/m0/s1. The fraction of sp³-hybridized carbons (Fsp3) is 0.529. The van der Waals surface area contributed by atoms with Gasteiger partial charge in [-0.25, -0.2) is 15.0 Å². The molecule has 0 N–H and O–H groups in total. The molecule has 1 atom stereocenters. The number of carbonyl (C=O) groups excluding carboxylic acids is 1. The van der Waals surface area contributed by atoms with Gasteiger partial charge in [0.05, 0.1) is 11.2 Å². The zero-order chi connectivity index (χ0) is 16.9. The summed E-state index contributed by atoms with van der Waals surface area (Å²) in [5.41, 5.74) is 4.47. The second kappa shape index (κ2) is 7.81. The van der Waals surface area contributed by atoms with Gasteiger partial charge in [-0.2, -0.15) is 0 Å². The summed E-state index contributed by atoms with van der Waals surface area (Å²) < 4.78 is 0. The van der Waals surface area contributed by atoms with Crippen LogP contribution in [0.15, 0.2) is 23.3 Å². The third kappa shape index (κ3) is 4.36. The van der Waals surface area contributed by atoms with Gasteiger partial charge in [0.2, 0.25) is 0 Å². The summed E-state index contributed by atoms with van der Waals surface area (Å²) in [4.78, 5) is 28.9. The number of thiazole rings is 1. The number of amides is 1. The van der Waals surface area contributed by atoms with Crippen molar-refractivity contribution in [2.45, 2.75) is 25.8 Å². The lowest BCUT2D eigenvalue weighted by Gasteiger charge is -2.32. The van der Waals surface area contributed by atoms with Crippen molar-refractivity contribution >= 4 is 17.2 Å². The van der Waals surface area contributed by atoms with Gasteiger partial charge in [-0.3, -0.25) is 9.69 Å². The topological polar surface area (TPSA) is 62.2 Å². The zero-order valence-corrected chi connectivity index (χ0v) is 15.0. The Morgan fingerprint density at radius 3 is 2.96 bits per heavy atom. The molecule has 1 aliphatic rings. The molecule has 3 rings (SSSR count). The third-order valence-electron chi connectivity index (χ3n) is 4.32. The maximum absolute atomic E-state index is 12.0. The molecule has 0 aromatic carbocycles. The van der Waals surface area contributed by atoms with Crippen molar-refractivity contribution in [1.82, 2.24) is 24.8 Å². The molecule has 1 fully saturated rings. The molecule has 7 heteroatoms. The number of likely N-dealkylation sites (tertiary alicyclic amines) is 1. The summed E-state index contributed by atoms with van der Waals surface area (Å²) in [6, 6.07) is 1.84. The van der Waals surface area contributed by atoms with Crippen molar-refractivity contribution in [2.24, 2.45) is 5.92 Å². The molecule has 128 valence electrons. The van der Waals surface area contributed by atoms with Crippen molar-refractivity contribution in [3.63, 3.8) is 0 Å². The van der Waals surface area contributed by atoms with Crippen molar-refractivity contribution in [1.29, 1.82) is 0 Å². The first kappa shape index (κ1) is 17.0. The summed E-state index contributed by atoms with van der Waals surface area (Å²) in [6.45, 7) is 3.11. The second-order valence-corrected chi connectivity index (χ2v) is 7.24. The van der Waals surface area contributed by atoms with Gasteiger partial charge in [0.1, 0.15) is 12.0 Å². The van der Waals surface area contributed by atoms with E-state index in [-0.39, 0.29) is 5.91 Å². The highest BCUT2D eigenvalue weighted by Crippen LogP contribution is 2.22. The van der Waals surface area contributed by atoms with Crippen molar-refractivity contribution in [3.8, 4) is 0 Å². The van der Waals surface area contributed by atoms with Gasteiger partial charge in [0.15, 0.2) is 0 Å². The van der Waals surface area contributed by atoms with Crippen LogP contribution < -0.4 is 0 Å². The molecule has 0 radical (unpaired) electrons. The molecular formula is C17H23N5OS. The van der Waals surface area contributed by atoms with E-state index in [1.165, 1.54) is 19.2 Å². The van der Waals surface area contributed by atoms with Gasteiger partial charge in [0, 0.05) is 38.3 Å². The van der Waals surface area contributed by atoms with Gasteiger partial charge in [-0.15, -0.1) is 11.3 Å². The van der Waals surface area contributed by atoms with Crippen LogP contribution in [-0.2, 0) is 13.0 Å². The number of piperidine rings is 1. The molecule has 0 unspecified atom stereocenters. The summed E-state index contributed by atoms with van der Waals surface area (Å²) in [6.07, 6.45) is 4.80. The first-order valence-electron chi connectivity index (χ1n) is 8.24. The molecule has 2 aromatic heterocycles. The Balaban J connectivity index is 1.61. The van der Waals surface area contributed by atoms with Gasteiger partial charge in [-0.1, -0.05) is 0 Å². The van der Waals surface area contributed by atoms with E-state index in [2.05, 4.69) is 25.2 Å². The highest BCUT2D eigenvalue weighted by Gasteiger charge is 2.22. The molecule has 3 heterocycles. The van der Waals surface area contributed by atoms with Crippen LogP contribution >= 0.6 is 11.3 Å². The van der Waals surface area contributed by atoms with Crippen LogP contribution in [0.1, 0.15) is 34.7 Å². The van der Waals surface area contributed by atoms with E-state index in [9.17, 15) is 4.79 Å². The maximum Gasteiger partial charge on any atom is 0.272 e. The fourth-order valence-electron chi connectivity index (χ4n) is 3.16. The lowest BCUT2D eigenvalue weighted by molar-refractivity contribution is 0.0821. The number of nitrogens with zero attached hydrogens (tertiary/aromatic N) is 5. The number of aromatic nitrogens is 3. The molecule has 1 saturated heterocycles. The smallest absolute Gasteiger partial charge is 0.272 e. The predicted molar refractivity (Wildman–Crippen MR) is 93.9 cm³/mol. The van der Waals surface area contributed by atoms with Gasteiger partial charge < -0.3 is 4.90 Å². The van der Waals surface area contributed by atoms with Crippen LogP contribution in [0.25, 0.3) is 0 Å². The van der Waals surface area contributed by atoms with Crippen LogP contribution in [0.5, 0.6) is 0 Å². The molecule has 6 nitrogen and oxygen atoms in total. The number of hydrogen-bond acceptors (Lipinski definition) is 6. The van der Waals surface area contributed by atoms with E-state index in [1.54, 1.807) is 30.3 Å². The first-order chi connectivity index (χ1) is 11.6. The Bertz CT molecular complexity index is 673. The Hall–Kier alpha value is -1.86. The zero-order valence-electron chi connectivity index (χ0n) is 14.2. The van der Waals surface area contributed by atoms with E-state index >= 15 is 0 Å². The van der Waals surface area contributed by atoms with E-state index in [4.69, 9.17) is 0 Å².